The molecule has 0 aliphatic carbocycles. The molecule has 66 nitrogen and oxygen atoms in total. The van der Waals surface area contributed by atoms with Crippen molar-refractivity contribution >= 4 is 131 Å². The normalized spacial score (nSPS) is 38.5. The third kappa shape index (κ3) is 18.5. The van der Waals surface area contributed by atoms with E-state index in [1.807, 2.05) is 0 Å². The van der Waals surface area contributed by atoms with Crippen molar-refractivity contribution in [2.75, 3.05) is 56.8 Å². The predicted octanol–water partition coefficient (Wildman–Crippen LogP) is -3.04. The van der Waals surface area contributed by atoms with E-state index in [0.717, 1.165) is 38.0 Å². The van der Waals surface area contributed by atoms with Crippen molar-refractivity contribution in [1.29, 1.82) is 0 Å². The van der Waals surface area contributed by atoms with E-state index in [2.05, 4.69) is 89.7 Å². The molecule has 0 amide bonds. The number of nitrogens with two attached hydrogens (primary N) is 3. The fourth-order valence-corrected chi connectivity index (χ4v) is 22.9. The number of fused-ring (bicyclic) bond motifs is 15. The van der Waals surface area contributed by atoms with Crippen LogP contribution in [0.15, 0.2) is 71.3 Å². The van der Waals surface area contributed by atoms with Crippen LogP contribution in [0.25, 0.3) is 67.0 Å². The average Bonchev–Trinajstić information content (AvgIpc) is 1.57. The van der Waals surface area contributed by atoms with Crippen LogP contribution in [0.2, 0.25) is 0 Å². The van der Waals surface area contributed by atoms with Crippen molar-refractivity contribution < 1.29 is 170 Å². The second-order valence-electron chi connectivity index (χ2n) is 33.0. The lowest BCUT2D eigenvalue weighted by molar-refractivity contribution is -0.117. The van der Waals surface area contributed by atoms with Crippen molar-refractivity contribution in [2.24, 2.45) is 0 Å². The van der Waals surface area contributed by atoms with Crippen molar-refractivity contribution in [2.45, 2.75) is 195 Å². The van der Waals surface area contributed by atoms with E-state index >= 15 is 0 Å². The minimum absolute atomic E-state index is 0. The molecule has 30 atom stereocenters. The number of nitrogen functional groups attached to an aromatic ring is 3. The van der Waals surface area contributed by atoms with E-state index in [1.54, 1.807) is 0 Å². The quantitative estimate of drug-likeness (QED) is 0.0736. The highest BCUT2D eigenvalue weighted by Gasteiger charge is 2.64. The Morgan fingerprint density at radius 2 is 0.705 bits per heavy atom. The van der Waals surface area contributed by atoms with Gasteiger partial charge in [-0.3, -0.25) is 96.1 Å². The molecule has 0 radical (unpaired) electrons. The van der Waals surface area contributed by atoms with E-state index in [0.29, 0.717) is 0 Å². The van der Waals surface area contributed by atoms with Gasteiger partial charge in [-0.25, -0.2) is 102 Å². The molecule has 9 aliphatic heterocycles. The van der Waals surface area contributed by atoms with Crippen LogP contribution < -0.4 is 33.9 Å². The number of aliphatic hydroxyl groups is 6. The fraction of sp³-hybridized carbons (Fsp3) is 0.552. The second-order valence-corrected chi connectivity index (χ2v) is 41.4. The summed E-state index contributed by atoms with van der Waals surface area (Å²) in [6.45, 7) is 3.30. The highest BCUT2D eigenvalue weighted by atomic mass is 31.2. The lowest BCUT2D eigenvalue weighted by Crippen LogP contribution is -2.47. The monoisotopic (exact) mass is 2080 g/mol. The number of hydrogen-bond donors (Lipinski definition) is 18. The summed E-state index contributed by atoms with van der Waals surface area (Å²) in [5, 5.41) is 67.7. The summed E-state index contributed by atoms with van der Waals surface area (Å²) in [5.74, 6) is 0.753. The highest BCUT2D eigenvalue weighted by Crippen LogP contribution is 2.61. The Morgan fingerprint density at radius 3 is 1.16 bits per heavy atom. The number of imidazole rings is 6. The number of phosphoric acid groups is 6. The zero-order chi connectivity index (χ0) is 98.3. The Balaban J connectivity index is 0.000000138. The van der Waals surface area contributed by atoms with Gasteiger partial charge in [0.2, 0.25) is 0 Å². The summed E-state index contributed by atoms with van der Waals surface area (Å²) in [5.41, 5.74) is 10.2. The number of hydrogen-bond acceptors (Lipinski definition) is 51. The number of nitrogens with zero attached hydrogens (tertiary/aromatic N) is 21. The van der Waals surface area contributed by atoms with Gasteiger partial charge in [0.15, 0.2) is 105 Å². The van der Waals surface area contributed by atoms with E-state index in [9.17, 15) is 102 Å². The summed E-state index contributed by atoms with van der Waals surface area (Å²) in [7, 11) is -30.6. The minimum atomic E-state index is -5.13. The van der Waals surface area contributed by atoms with E-state index in [-0.39, 0.29) is 109 Å². The molecule has 0 spiro atoms. The molecule has 12 aromatic rings. The van der Waals surface area contributed by atoms with Gasteiger partial charge >= 0.3 is 46.9 Å². The van der Waals surface area contributed by atoms with Gasteiger partial charge in [-0.15, -0.1) is 0 Å². The number of rotatable bonds is 6. The van der Waals surface area contributed by atoms with Gasteiger partial charge in [0.05, 0.1) is 77.6 Å². The Labute approximate surface area is 772 Å². The average molecular weight is 2080 g/mol. The molecule has 0 saturated carbocycles. The van der Waals surface area contributed by atoms with Gasteiger partial charge in [0.25, 0.3) is 16.7 Å². The molecular formula is C67H85N27O39P6. The van der Waals surface area contributed by atoms with Gasteiger partial charge in [-0.05, 0) is 41.5 Å². The molecule has 9 saturated heterocycles. The second kappa shape index (κ2) is 36.3. The van der Waals surface area contributed by atoms with Crippen LogP contribution in [0.3, 0.4) is 0 Å². The highest BCUT2D eigenvalue weighted by molar-refractivity contribution is 7.48. The van der Waals surface area contributed by atoms with Crippen LogP contribution in [-0.2, 0) is 110 Å². The number of aliphatic hydroxyl groups excluding tert-OH is 4. The largest absolute Gasteiger partial charge is 0.472 e. The molecule has 21 heterocycles. The summed E-state index contributed by atoms with van der Waals surface area (Å²) in [6.07, 6.45) is -22.4. The zero-order valence-electron chi connectivity index (χ0n) is 71.3. The van der Waals surface area contributed by atoms with E-state index < -0.39 is 249 Å². The van der Waals surface area contributed by atoms with Crippen LogP contribution in [0.1, 0.15) is 83.0 Å². The van der Waals surface area contributed by atoms with Crippen molar-refractivity contribution in [3.05, 3.63) is 105 Å². The molecule has 21 rings (SSSR count). The van der Waals surface area contributed by atoms with Crippen molar-refractivity contribution in [3.8, 4) is 0 Å². The summed E-state index contributed by atoms with van der Waals surface area (Å²) >= 11 is 0. The first-order valence-electron chi connectivity index (χ1n) is 40.6. The fourth-order valence-electron chi connectivity index (χ4n) is 16.9. The first-order valence-corrected chi connectivity index (χ1v) is 49.6. The van der Waals surface area contributed by atoms with Crippen molar-refractivity contribution in [3.63, 3.8) is 0 Å². The molecular weight excluding hydrogens is 1990 g/mol. The molecule has 12 aromatic heterocycles. The minimum Gasteiger partial charge on any atom is -0.387 e. The SMILES string of the molecule is C.Cc1nc2c(ncn2C2OC3COP(=O)(O)OC4C(COP(=O)(O)OC2C3(C)O)OC(n2cnc3c(N)ncnc32)C4O)c(=O)[nH]1.Cc1nc2c(ncn2C2OC3COP(=O)(O)OC4C(COP(=O)(O)OC2C3O)OC(n2cnc3c(N)ncnc32)C4(C)O)c(=O)[nH]1.Cc1nc2c(ncn2C2OC3COP(=O)(O)OC4C(O)C(n5cnc6c(N)ncnc65)OC4(C)COP(=O)(O)OC2C3O)c(=O)[nH]1. The molecule has 9 fully saturated rings. The summed E-state index contributed by atoms with van der Waals surface area (Å²) in [6, 6.07) is 0. The summed E-state index contributed by atoms with van der Waals surface area (Å²) in [4.78, 5) is 170. The number of H-pyrrole nitrogens is 3. The first-order chi connectivity index (χ1) is 65.0. The standard InChI is InChI=1S/3C22H27N9O13P2.CH4/c1-8-28-18-11(19(34)29-8)27-7-31(18)21-14-12(32)9(41-21)3-39-45(35,36)44-15-13(33)20(42-22(15,2)4-40-46(37,38)43-14)30-6-26-10-16(23)24-5-25-17(10)30;1-8-28-18-12(19(33)29-8)27-7-31(18)21-15-22(2,34)10(42-21)4-40-45(35,36)43-14-9(3-39-46(37,38)44-15)41-20(13(14)32)30-6-26-11-16(23)24-5-25-17(11)30;1-8-28-18-12(19(33)29-8)27-6-30(18)20-14-13(32)9(41-20)3-39-46(37,38)44-15-10(4-40-45(35,36)43-14)42-21(22(15,2)34)31-7-26-11-16(23)24-5-25-17(11)31;/h5-7,9,12-15,20-21,32-33H,3-4H2,1-2H3,(H,35,36)(H,37,38)(H2,23,24,25)(H,28,29,34);2*5-7,9-10,13-15,20-21,32,34H,3-4H2,1-2H3,(H,35,36)(H,37,38)(H2,23,24,25)(H,28,29,33);1H4. The molecule has 9 aliphatic rings. The first kappa shape index (κ1) is 99.4. The van der Waals surface area contributed by atoms with E-state index in [1.165, 1.54) is 87.9 Å². The zero-order valence-corrected chi connectivity index (χ0v) is 76.6. The van der Waals surface area contributed by atoms with Gasteiger partial charge in [0.1, 0.15) is 161 Å². The third-order valence-corrected chi connectivity index (χ3v) is 29.3. The maximum atomic E-state index is 13.3. The molecule has 139 heavy (non-hydrogen) atoms. The van der Waals surface area contributed by atoms with Crippen molar-refractivity contribution in [1.82, 2.24) is 117 Å². The maximum absolute atomic E-state index is 13.3. The molecule has 72 heteroatoms. The Hall–Kier alpha value is -9.72. The van der Waals surface area contributed by atoms with Crippen LogP contribution in [0.4, 0.5) is 17.5 Å². The lowest BCUT2D eigenvalue weighted by atomic mass is 9.95. The Kier molecular flexibility index (Phi) is 26.0. The number of ether oxygens (including phenoxy) is 6. The van der Waals surface area contributed by atoms with Crippen LogP contribution in [0, 0.1) is 20.8 Å². The number of anilines is 3. The summed E-state index contributed by atoms with van der Waals surface area (Å²) < 4.78 is 186. The Bertz CT molecular complexity index is 7250. The van der Waals surface area contributed by atoms with Crippen LogP contribution in [0.5, 0.6) is 0 Å². The third-order valence-electron chi connectivity index (χ3n) is 23.5. The van der Waals surface area contributed by atoms with Gasteiger partial charge < -0.3 is 121 Å². The molecule has 21 N–H and O–H groups in total. The van der Waals surface area contributed by atoms with Gasteiger partial charge in [-0.2, -0.15) is 0 Å². The number of phosphoric ester groups is 6. The van der Waals surface area contributed by atoms with E-state index in [4.69, 9.17) is 99.9 Å². The lowest BCUT2D eigenvalue weighted by Gasteiger charge is -2.32. The topological polar surface area (TPSA) is 911 Å². The molecule has 0 aromatic carbocycles. The smallest absolute Gasteiger partial charge is 0.387 e. The Morgan fingerprint density at radius 1 is 0.360 bits per heavy atom. The number of aromatic amines is 3. The van der Waals surface area contributed by atoms with Gasteiger partial charge in [0, 0.05) is 0 Å². The molecule has 6 bridgehead atoms. The molecule has 30 unspecified atom stereocenters. The van der Waals surface area contributed by atoms with Crippen LogP contribution >= 0.6 is 46.9 Å². The molecule has 752 valence electrons. The maximum Gasteiger partial charge on any atom is 0.472 e. The number of aryl methyl sites for hydroxylation is 3. The predicted molar refractivity (Wildman–Crippen MR) is 452 cm³/mol. The number of aromatic nitrogens is 24. The van der Waals surface area contributed by atoms with Crippen LogP contribution in [-0.4, -0.2) is 325 Å². The number of nitrogens with one attached hydrogen (secondary N) is 3. The van der Waals surface area contributed by atoms with Gasteiger partial charge in [-0.1, -0.05) is 7.43 Å².